The van der Waals surface area contributed by atoms with Gasteiger partial charge in [0.25, 0.3) is 0 Å². The smallest absolute Gasteiger partial charge is 0.200 e. The van der Waals surface area contributed by atoms with Crippen molar-refractivity contribution < 1.29 is 4.74 Å². The first-order valence-corrected chi connectivity index (χ1v) is 3.06. The molecule has 0 aromatic rings. The van der Waals surface area contributed by atoms with Gasteiger partial charge in [0.1, 0.15) is 0 Å². The predicted octanol–water partition coefficient (Wildman–Crippen LogP) is 0.904. The summed E-state index contributed by atoms with van der Waals surface area (Å²) in [4.78, 5) is 0. The van der Waals surface area contributed by atoms with E-state index in [0.29, 0.717) is 5.88 Å². The molecule has 0 aliphatic heterocycles. The van der Waals surface area contributed by atoms with Gasteiger partial charge >= 0.3 is 0 Å². The summed E-state index contributed by atoms with van der Waals surface area (Å²) >= 11 is 0. The van der Waals surface area contributed by atoms with Crippen LogP contribution in [0, 0.1) is 0 Å². The molecule has 0 aromatic carbocycles. The van der Waals surface area contributed by atoms with E-state index in [2.05, 4.69) is 10.1 Å². The van der Waals surface area contributed by atoms with Crippen molar-refractivity contribution in [3.63, 3.8) is 0 Å². The quantitative estimate of drug-likeness (QED) is 0.576. The van der Waals surface area contributed by atoms with Crippen molar-refractivity contribution in [1.82, 2.24) is 5.32 Å². The zero-order valence-corrected chi connectivity index (χ0v) is 6.64. The SMILES string of the molecule is CO/C(N)=C\NC=C(C)C. The number of rotatable bonds is 3. The highest BCUT2D eigenvalue weighted by molar-refractivity contribution is 4.96. The summed E-state index contributed by atoms with van der Waals surface area (Å²) in [6, 6.07) is 0. The molecule has 0 fully saturated rings. The van der Waals surface area contributed by atoms with Crippen LogP contribution in [0.4, 0.5) is 0 Å². The van der Waals surface area contributed by atoms with Gasteiger partial charge < -0.3 is 15.8 Å². The monoisotopic (exact) mass is 142 g/mol. The maximum atomic E-state index is 5.31. The maximum absolute atomic E-state index is 5.31. The van der Waals surface area contributed by atoms with Gasteiger partial charge in [-0.25, -0.2) is 0 Å². The predicted molar refractivity (Wildman–Crippen MR) is 41.8 cm³/mol. The topological polar surface area (TPSA) is 47.3 Å². The standard InChI is InChI=1S/C7H14N2O/c1-6(2)4-9-5-7(8)10-3/h4-5,9H,8H2,1-3H3/b7-5-. The Kier molecular flexibility index (Phi) is 4.20. The van der Waals surface area contributed by atoms with E-state index in [9.17, 15) is 0 Å². The van der Waals surface area contributed by atoms with Gasteiger partial charge in [0.15, 0.2) is 5.88 Å². The summed E-state index contributed by atoms with van der Waals surface area (Å²) in [5.74, 6) is 0.373. The minimum absolute atomic E-state index is 0.373. The molecule has 0 rings (SSSR count). The molecule has 3 heteroatoms. The molecule has 0 aromatic heterocycles. The van der Waals surface area contributed by atoms with E-state index in [1.165, 1.54) is 12.7 Å². The Bertz CT molecular complexity index is 146. The van der Waals surface area contributed by atoms with Crippen molar-refractivity contribution in [2.75, 3.05) is 7.11 Å². The highest BCUT2D eigenvalue weighted by Crippen LogP contribution is 1.85. The van der Waals surface area contributed by atoms with Crippen LogP contribution in [0.25, 0.3) is 0 Å². The molecule has 0 spiro atoms. The lowest BCUT2D eigenvalue weighted by Gasteiger charge is -1.97. The molecule has 0 unspecified atom stereocenters. The van der Waals surface area contributed by atoms with Gasteiger partial charge in [-0.1, -0.05) is 5.57 Å². The minimum Gasteiger partial charge on any atom is -0.482 e. The Morgan fingerprint density at radius 3 is 2.40 bits per heavy atom. The molecule has 0 saturated heterocycles. The molecule has 58 valence electrons. The number of nitrogens with one attached hydrogen (secondary N) is 1. The first-order chi connectivity index (χ1) is 4.66. The van der Waals surface area contributed by atoms with E-state index in [1.807, 2.05) is 20.0 Å². The van der Waals surface area contributed by atoms with Crippen molar-refractivity contribution in [3.8, 4) is 0 Å². The van der Waals surface area contributed by atoms with Crippen molar-refractivity contribution in [2.45, 2.75) is 13.8 Å². The number of hydrogen-bond acceptors (Lipinski definition) is 3. The molecule has 3 N–H and O–H groups in total. The van der Waals surface area contributed by atoms with E-state index in [1.54, 1.807) is 6.20 Å². The van der Waals surface area contributed by atoms with Crippen LogP contribution < -0.4 is 11.1 Å². The van der Waals surface area contributed by atoms with Crippen LogP contribution in [-0.2, 0) is 4.74 Å². The third-order valence-electron chi connectivity index (χ3n) is 0.833. The Labute approximate surface area is 61.6 Å². The largest absolute Gasteiger partial charge is 0.482 e. The molecule has 0 atom stereocenters. The Morgan fingerprint density at radius 2 is 2.00 bits per heavy atom. The lowest BCUT2D eigenvalue weighted by Crippen LogP contribution is -2.05. The molecular weight excluding hydrogens is 128 g/mol. The number of allylic oxidation sites excluding steroid dienone is 1. The second kappa shape index (κ2) is 4.73. The summed E-state index contributed by atoms with van der Waals surface area (Å²) in [5.41, 5.74) is 6.49. The minimum atomic E-state index is 0.373. The number of ether oxygens (including phenoxy) is 1. The molecule has 10 heavy (non-hydrogen) atoms. The van der Waals surface area contributed by atoms with Crippen molar-refractivity contribution in [3.05, 3.63) is 23.9 Å². The average molecular weight is 142 g/mol. The molecule has 3 nitrogen and oxygen atoms in total. The van der Waals surface area contributed by atoms with E-state index in [0.717, 1.165) is 0 Å². The van der Waals surface area contributed by atoms with Gasteiger partial charge in [0, 0.05) is 0 Å². The lowest BCUT2D eigenvalue weighted by molar-refractivity contribution is 0.285. The van der Waals surface area contributed by atoms with Gasteiger partial charge in [-0.15, -0.1) is 0 Å². The third-order valence-corrected chi connectivity index (χ3v) is 0.833. The van der Waals surface area contributed by atoms with Gasteiger partial charge in [0.05, 0.1) is 13.3 Å². The van der Waals surface area contributed by atoms with Crippen molar-refractivity contribution in [1.29, 1.82) is 0 Å². The molecule has 0 heterocycles. The highest BCUT2D eigenvalue weighted by atomic mass is 16.5. The van der Waals surface area contributed by atoms with Crippen molar-refractivity contribution in [2.24, 2.45) is 5.73 Å². The summed E-state index contributed by atoms with van der Waals surface area (Å²) in [5, 5.41) is 2.86. The van der Waals surface area contributed by atoms with Gasteiger partial charge in [0.2, 0.25) is 0 Å². The molecule has 0 saturated carbocycles. The number of nitrogens with two attached hydrogens (primary N) is 1. The Hall–Kier alpha value is -1.12. The van der Waals surface area contributed by atoms with Crippen LogP contribution in [0.2, 0.25) is 0 Å². The molecular formula is C7H14N2O. The van der Waals surface area contributed by atoms with E-state index in [-0.39, 0.29) is 0 Å². The van der Waals surface area contributed by atoms with Gasteiger partial charge in [-0.2, -0.15) is 0 Å². The lowest BCUT2D eigenvalue weighted by atomic mass is 10.4. The van der Waals surface area contributed by atoms with Gasteiger partial charge in [-0.05, 0) is 20.0 Å². The molecule has 0 amide bonds. The number of methoxy groups -OCH3 is 1. The van der Waals surface area contributed by atoms with Gasteiger partial charge in [-0.3, -0.25) is 0 Å². The summed E-state index contributed by atoms with van der Waals surface area (Å²) in [6.45, 7) is 3.98. The van der Waals surface area contributed by atoms with E-state index >= 15 is 0 Å². The first-order valence-electron chi connectivity index (χ1n) is 3.06. The summed E-state index contributed by atoms with van der Waals surface area (Å²) in [7, 11) is 1.52. The summed E-state index contributed by atoms with van der Waals surface area (Å²) < 4.78 is 4.68. The average Bonchev–Trinajstić information content (AvgIpc) is 1.87. The highest BCUT2D eigenvalue weighted by Gasteiger charge is 1.79. The molecule has 0 aliphatic carbocycles. The zero-order valence-electron chi connectivity index (χ0n) is 6.64. The molecule has 0 aliphatic rings. The van der Waals surface area contributed by atoms with Crippen LogP contribution in [0.15, 0.2) is 23.9 Å². The van der Waals surface area contributed by atoms with E-state index in [4.69, 9.17) is 5.73 Å². The maximum Gasteiger partial charge on any atom is 0.200 e. The second-order valence-electron chi connectivity index (χ2n) is 2.14. The van der Waals surface area contributed by atoms with Crippen LogP contribution >= 0.6 is 0 Å². The summed E-state index contributed by atoms with van der Waals surface area (Å²) in [6.07, 6.45) is 3.43. The third kappa shape index (κ3) is 5.03. The van der Waals surface area contributed by atoms with Crippen LogP contribution in [-0.4, -0.2) is 7.11 Å². The first kappa shape index (κ1) is 8.88. The second-order valence-corrected chi connectivity index (χ2v) is 2.14. The van der Waals surface area contributed by atoms with E-state index < -0.39 is 0 Å². The van der Waals surface area contributed by atoms with Crippen molar-refractivity contribution >= 4 is 0 Å². The van der Waals surface area contributed by atoms with Crippen LogP contribution in [0.1, 0.15) is 13.8 Å². The fourth-order valence-electron chi connectivity index (χ4n) is 0.349. The van der Waals surface area contributed by atoms with Crippen LogP contribution in [0.5, 0.6) is 0 Å². The van der Waals surface area contributed by atoms with Crippen LogP contribution in [0.3, 0.4) is 0 Å². The Balaban J connectivity index is 3.63. The Morgan fingerprint density at radius 1 is 1.40 bits per heavy atom. The normalized spacial score (nSPS) is 10.5. The fraction of sp³-hybridized carbons (Fsp3) is 0.429. The zero-order chi connectivity index (χ0) is 7.98. The fourth-order valence-corrected chi connectivity index (χ4v) is 0.349. The molecule has 0 radical (unpaired) electrons. The molecule has 0 bridgehead atoms. The number of hydrogen-bond donors (Lipinski definition) is 2.